The summed E-state index contributed by atoms with van der Waals surface area (Å²) in [6.07, 6.45) is 3.17. The zero-order chi connectivity index (χ0) is 13.0. The fraction of sp³-hybridized carbons (Fsp3) is 0.500. The van der Waals surface area contributed by atoms with Crippen LogP contribution in [-0.2, 0) is 0 Å². The van der Waals surface area contributed by atoms with Crippen molar-refractivity contribution in [3.63, 3.8) is 0 Å². The standard InChI is InChI=1S/C14H19FN2O/c1-10-5-4-7-12(13(10)15)14(18)17-11-6-2-3-8-16-9-11/h4-5,7,11,16H,2-3,6,8-9H2,1H3,(H,17,18). The Morgan fingerprint density at radius 3 is 3.11 bits per heavy atom. The Labute approximate surface area is 107 Å². The molecule has 1 heterocycles. The van der Waals surface area contributed by atoms with Gasteiger partial charge in [-0.1, -0.05) is 18.6 Å². The van der Waals surface area contributed by atoms with Crippen LogP contribution in [0.1, 0.15) is 35.2 Å². The number of carbonyl (C=O) groups is 1. The molecule has 1 atom stereocenters. The second-order valence-corrected chi connectivity index (χ2v) is 4.81. The van der Waals surface area contributed by atoms with Gasteiger partial charge in [-0.05, 0) is 37.9 Å². The molecule has 18 heavy (non-hydrogen) atoms. The van der Waals surface area contributed by atoms with Crippen LogP contribution in [0.4, 0.5) is 4.39 Å². The zero-order valence-corrected chi connectivity index (χ0v) is 10.6. The number of aryl methyl sites for hydroxylation is 1. The highest BCUT2D eigenvalue weighted by Crippen LogP contribution is 2.12. The largest absolute Gasteiger partial charge is 0.348 e. The molecule has 1 fully saturated rings. The minimum atomic E-state index is -0.420. The Morgan fingerprint density at radius 2 is 2.28 bits per heavy atom. The number of hydrogen-bond donors (Lipinski definition) is 2. The van der Waals surface area contributed by atoms with Gasteiger partial charge in [0.2, 0.25) is 0 Å². The Balaban J connectivity index is 2.04. The van der Waals surface area contributed by atoms with E-state index in [-0.39, 0.29) is 17.5 Å². The van der Waals surface area contributed by atoms with Gasteiger partial charge in [-0.15, -0.1) is 0 Å². The smallest absolute Gasteiger partial charge is 0.254 e. The average Bonchev–Trinajstić information content (AvgIpc) is 2.61. The Bertz CT molecular complexity index is 426. The minimum Gasteiger partial charge on any atom is -0.348 e. The highest BCUT2D eigenvalue weighted by atomic mass is 19.1. The molecular formula is C14H19FN2O. The summed E-state index contributed by atoms with van der Waals surface area (Å²) < 4.78 is 13.8. The van der Waals surface area contributed by atoms with Gasteiger partial charge in [0.15, 0.2) is 0 Å². The lowest BCUT2D eigenvalue weighted by molar-refractivity contribution is 0.0931. The third kappa shape index (κ3) is 3.07. The van der Waals surface area contributed by atoms with Crippen molar-refractivity contribution in [3.05, 3.63) is 35.1 Å². The van der Waals surface area contributed by atoms with Gasteiger partial charge in [-0.3, -0.25) is 4.79 Å². The molecule has 98 valence electrons. The number of nitrogens with one attached hydrogen (secondary N) is 2. The van der Waals surface area contributed by atoms with E-state index in [4.69, 9.17) is 0 Å². The molecule has 0 aromatic heterocycles. The Hall–Kier alpha value is -1.42. The molecule has 0 aliphatic carbocycles. The van der Waals surface area contributed by atoms with E-state index in [1.807, 2.05) is 0 Å². The Kier molecular flexibility index (Phi) is 4.31. The number of rotatable bonds is 2. The van der Waals surface area contributed by atoms with E-state index in [1.165, 1.54) is 6.07 Å². The summed E-state index contributed by atoms with van der Waals surface area (Å²) in [6, 6.07) is 5.00. The van der Waals surface area contributed by atoms with Crippen molar-refractivity contribution in [2.24, 2.45) is 0 Å². The first kappa shape index (κ1) is 13.0. The molecule has 3 nitrogen and oxygen atoms in total. The first-order valence-electron chi connectivity index (χ1n) is 6.45. The molecule has 1 aliphatic rings. The van der Waals surface area contributed by atoms with Crippen LogP contribution in [-0.4, -0.2) is 25.0 Å². The van der Waals surface area contributed by atoms with Crippen LogP contribution in [0.5, 0.6) is 0 Å². The monoisotopic (exact) mass is 250 g/mol. The van der Waals surface area contributed by atoms with Crippen LogP contribution < -0.4 is 10.6 Å². The van der Waals surface area contributed by atoms with Gasteiger partial charge in [-0.25, -0.2) is 4.39 Å². The van der Waals surface area contributed by atoms with E-state index in [0.29, 0.717) is 5.56 Å². The summed E-state index contributed by atoms with van der Waals surface area (Å²) in [5, 5.41) is 6.17. The molecule has 0 spiro atoms. The van der Waals surface area contributed by atoms with Crippen LogP contribution >= 0.6 is 0 Å². The van der Waals surface area contributed by atoms with Crippen LogP contribution in [0.25, 0.3) is 0 Å². The van der Waals surface area contributed by atoms with Gasteiger partial charge in [0.1, 0.15) is 5.82 Å². The summed E-state index contributed by atoms with van der Waals surface area (Å²) >= 11 is 0. The van der Waals surface area contributed by atoms with Gasteiger partial charge in [-0.2, -0.15) is 0 Å². The van der Waals surface area contributed by atoms with Crippen molar-refractivity contribution >= 4 is 5.91 Å². The molecule has 1 amide bonds. The van der Waals surface area contributed by atoms with E-state index >= 15 is 0 Å². The number of hydrogen-bond acceptors (Lipinski definition) is 2. The molecule has 2 rings (SSSR count). The topological polar surface area (TPSA) is 41.1 Å². The highest BCUT2D eigenvalue weighted by Gasteiger charge is 2.18. The number of benzene rings is 1. The van der Waals surface area contributed by atoms with Crippen LogP contribution in [0.3, 0.4) is 0 Å². The quantitative estimate of drug-likeness (QED) is 0.843. The maximum atomic E-state index is 13.8. The molecule has 0 bridgehead atoms. The molecule has 1 unspecified atom stereocenters. The van der Waals surface area contributed by atoms with Crippen LogP contribution in [0.2, 0.25) is 0 Å². The number of halogens is 1. The van der Waals surface area contributed by atoms with E-state index in [0.717, 1.165) is 32.4 Å². The van der Waals surface area contributed by atoms with Gasteiger partial charge in [0.05, 0.1) is 5.56 Å². The molecule has 1 saturated heterocycles. The van der Waals surface area contributed by atoms with Gasteiger partial charge >= 0.3 is 0 Å². The third-order valence-corrected chi connectivity index (χ3v) is 3.32. The van der Waals surface area contributed by atoms with Crippen molar-refractivity contribution in [3.8, 4) is 0 Å². The molecule has 0 saturated carbocycles. The van der Waals surface area contributed by atoms with Crippen molar-refractivity contribution in [2.45, 2.75) is 32.2 Å². The van der Waals surface area contributed by atoms with E-state index in [9.17, 15) is 9.18 Å². The summed E-state index contributed by atoms with van der Waals surface area (Å²) in [7, 11) is 0. The minimum absolute atomic E-state index is 0.0971. The summed E-state index contributed by atoms with van der Waals surface area (Å²) in [4.78, 5) is 12.0. The summed E-state index contributed by atoms with van der Waals surface area (Å²) in [5.41, 5.74) is 0.640. The summed E-state index contributed by atoms with van der Waals surface area (Å²) in [5.74, 6) is -0.735. The predicted octanol–water partition coefficient (Wildman–Crippen LogP) is 2.01. The lowest BCUT2D eigenvalue weighted by Crippen LogP contribution is -2.41. The van der Waals surface area contributed by atoms with Crippen molar-refractivity contribution in [2.75, 3.05) is 13.1 Å². The lowest BCUT2D eigenvalue weighted by atomic mass is 10.1. The van der Waals surface area contributed by atoms with Gasteiger partial charge in [0, 0.05) is 12.6 Å². The predicted molar refractivity (Wildman–Crippen MR) is 69.1 cm³/mol. The van der Waals surface area contributed by atoms with E-state index < -0.39 is 5.82 Å². The second-order valence-electron chi connectivity index (χ2n) is 4.81. The van der Waals surface area contributed by atoms with Crippen LogP contribution in [0, 0.1) is 12.7 Å². The van der Waals surface area contributed by atoms with Gasteiger partial charge in [0.25, 0.3) is 5.91 Å². The number of amides is 1. The fourth-order valence-electron chi connectivity index (χ4n) is 2.23. The molecule has 1 aromatic rings. The maximum Gasteiger partial charge on any atom is 0.254 e. The molecule has 1 aromatic carbocycles. The number of carbonyl (C=O) groups excluding carboxylic acids is 1. The fourth-order valence-corrected chi connectivity index (χ4v) is 2.23. The highest BCUT2D eigenvalue weighted by molar-refractivity contribution is 5.94. The van der Waals surface area contributed by atoms with Crippen molar-refractivity contribution in [1.29, 1.82) is 0 Å². The first-order chi connectivity index (χ1) is 8.68. The van der Waals surface area contributed by atoms with E-state index in [2.05, 4.69) is 10.6 Å². The zero-order valence-electron chi connectivity index (χ0n) is 10.6. The third-order valence-electron chi connectivity index (χ3n) is 3.32. The van der Waals surface area contributed by atoms with Gasteiger partial charge < -0.3 is 10.6 Å². The lowest BCUT2D eigenvalue weighted by Gasteiger charge is -2.16. The van der Waals surface area contributed by atoms with Crippen molar-refractivity contribution < 1.29 is 9.18 Å². The molecule has 0 radical (unpaired) electrons. The van der Waals surface area contributed by atoms with Crippen molar-refractivity contribution in [1.82, 2.24) is 10.6 Å². The molecular weight excluding hydrogens is 231 g/mol. The second kappa shape index (κ2) is 5.96. The van der Waals surface area contributed by atoms with E-state index in [1.54, 1.807) is 19.1 Å². The average molecular weight is 250 g/mol. The SMILES string of the molecule is Cc1cccc(C(=O)NC2CCCCNC2)c1F. The summed E-state index contributed by atoms with van der Waals surface area (Å²) in [6.45, 7) is 3.42. The Morgan fingerprint density at radius 1 is 1.44 bits per heavy atom. The maximum absolute atomic E-state index is 13.8. The normalized spacial score (nSPS) is 20.2. The first-order valence-corrected chi connectivity index (χ1v) is 6.45. The molecule has 2 N–H and O–H groups in total. The molecule has 4 heteroatoms. The molecule has 1 aliphatic heterocycles. The van der Waals surface area contributed by atoms with Crippen LogP contribution in [0.15, 0.2) is 18.2 Å².